The number of aliphatic hydroxyl groups is 1. The number of ether oxygens (including phenoxy) is 1. The van der Waals surface area contributed by atoms with Crippen molar-refractivity contribution in [3.63, 3.8) is 0 Å². The van der Waals surface area contributed by atoms with Crippen LogP contribution in [0.25, 0.3) is 0 Å². The van der Waals surface area contributed by atoms with Crippen LogP contribution in [0.4, 0.5) is 0 Å². The number of nitrogens with zero attached hydrogens (tertiary/aromatic N) is 1. The molecule has 0 amide bonds. The predicted octanol–water partition coefficient (Wildman–Crippen LogP) is 4.97. The summed E-state index contributed by atoms with van der Waals surface area (Å²) in [4.78, 5) is 29.0. The third kappa shape index (κ3) is 4.64. The van der Waals surface area contributed by atoms with Crippen molar-refractivity contribution in [2.45, 2.75) is 85.9 Å². The second-order valence-corrected chi connectivity index (χ2v) is 12.7. The van der Waals surface area contributed by atoms with Gasteiger partial charge in [0.1, 0.15) is 11.9 Å². The molecule has 194 valence electrons. The number of carbonyl (C=O) groups is 2. The van der Waals surface area contributed by atoms with Gasteiger partial charge in [0, 0.05) is 35.5 Å². The fourth-order valence-electron chi connectivity index (χ4n) is 7.52. The number of rotatable bonds is 9. The van der Waals surface area contributed by atoms with Gasteiger partial charge in [0.2, 0.25) is 0 Å². The summed E-state index contributed by atoms with van der Waals surface area (Å²) >= 11 is 1.57. The molecule has 0 aromatic rings. The van der Waals surface area contributed by atoms with E-state index in [0.29, 0.717) is 12.8 Å². The van der Waals surface area contributed by atoms with Crippen LogP contribution in [-0.4, -0.2) is 65.1 Å². The van der Waals surface area contributed by atoms with Crippen molar-refractivity contribution in [1.29, 1.82) is 0 Å². The Balaban J connectivity index is 1.94. The molecule has 3 aliphatic rings. The van der Waals surface area contributed by atoms with Crippen molar-refractivity contribution in [2.75, 3.05) is 31.1 Å². The van der Waals surface area contributed by atoms with Crippen molar-refractivity contribution in [3.05, 3.63) is 12.6 Å². The van der Waals surface area contributed by atoms with Crippen LogP contribution in [0.5, 0.6) is 0 Å². The highest BCUT2D eigenvalue weighted by Crippen LogP contribution is 2.67. The number of Topliss-reactive ketones (excluding diaryl/α,β-unsaturated/α-hetero) is 1. The molecule has 0 aromatic carbocycles. The van der Waals surface area contributed by atoms with E-state index in [-0.39, 0.29) is 47.2 Å². The molecule has 0 saturated heterocycles. The van der Waals surface area contributed by atoms with E-state index in [0.717, 1.165) is 44.6 Å². The lowest BCUT2D eigenvalue weighted by Crippen LogP contribution is -2.63. The van der Waals surface area contributed by atoms with Crippen LogP contribution in [0.1, 0.15) is 76.4 Å². The Hall–Kier alpha value is -0.850. The maximum Gasteiger partial charge on any atom is 0.316 e. The highest BCUT2D eigenvalue weighted by molar-refractivity contribution is 7.99. The first-order chi connectivity index (χ1) is 16.9. The van der Waals surface area contributed by atoms with Gasteiger partial charge < -0.3 is 14.7 Å². The zero-order valence-corrected chi connectivity index (χ0v) is 22.9. The minimum Gasteiger partial charge on any atom is -0.461 e. The molecule has 0 unspecified atom stereocenters. The maximum atomic E-state index is 13.5. The average Bonchev–Trinajstić information content (AvgIpc) is 3.17. The van der Waals surface area contributed by atoms with Crippen LogP contribution in [0.3, 0.4) is 0 Å². The number of aliphatic hydroxyl groups excluding tert-OH is 1. The van der Waals surface area contributed by atoms with Gasteiger partial charge in [-0.3, -0.25) is 9.59 Å². The second-order valence-electron chi connectivity index (χ2n) is 11.6. The molecular formula is C28H47NO4S. The quantitative estimate of drug-likeness (QED) is 0.277. The Morgan fingerprint density at radius 3 is 2.68 bits per heavy atom. The third-order valence-corrected chi connectivity index (χ3v) is 11.0. The lowest BCUT2D eigenvalue weighted by Gasteiger charge is -2.61. The normalized spacial score (nSPS) is 42.8. The standard InChI is InChI=1S/C28H47NO4S/c1-8-26(6)17-22(33-23(31)18-34-16-15-29(9-2)10-3)27(7)19(4)11-13-28(20(5)25(26)32)14-12-21(30)24(27)28/h8,19-20,22,24-25,32H,1,9-18H2,2-7H3/t19-,20+,22-,24+,25+,26-,27+,28+/m1/s1/i1D2. The fourth-order valence-corrected chi connectivity index (χ4v) is 8.29. The summed E-state index contributed by atoms with van der Waals surface area (Å²) < 4.78 is 22.0. The molecular weight excluding hydrogens is 446 g/mol. The van der Waals surface area contributed by atoms with E-state index in [1.165, 1.54) is 6.08 Å². The van der Waals surface area contributed by atoms with Crippen molar-refractivity contribution >= 4 is 23.5 Å². The Morgan fingerprint density at radius 2 is 2.03 bits per heavy atom. The van der Waals surface area contributed by atoms with Crippen LogP contribution in [0, 0.1) is 34.0 Å². The first kappa shape index (κ1) is 24.8. The van der Waals surface area contributed by atoms with Crippen molar-refractivity contribution in [1.82, 2.24) is 4.90 Å². The first-order valence-electron chi connectivity index (χ1n) is 14.2. The predicted molar refractivity (Wildman–Crippen MR) is 140 cm³/mol. The van der Waals surface area contributed by atoms with Crippen LogP contribution in [-0.2, 0) is 14.3 Å². The van der Waals surface area contributed by atoms with Gasteiger partial charge in [0.25, 0.3) is 0 Å². The van der Waals surface area contributed by atoms with Crippen LogP contribution < -0.4 is 0 Å². The molecule has 8 atom stereocenters. The highest BCUT2D eigenvalue weighted by Gasteiger charge is 2.68. The summed E-state index contributed by atoms with van der Waals surface area (Å²) in [6.07, 6.45) is 3.46. The fraction of sp³-hybridized carbons (Fsp3) is 0.857. The Bertz CT molecular complexity index is 847. The molecule has 3 fully saturated rings. The van der Waals surface area contributed by atoms with Gasteiger partial charge >= 0.3 is 5.97 Å². The Morgan fingerprint density at radius 1 is 1.32 bits per heavy atom. The largest absolute Gasteiger partial charge is 0.461 e. The van der Waals surface area contributed by atoms with Crippen LogP contribution >= 0.6 is 11.8 Å². The molecule has 0 radical (unpaired) electrons. The molecule has 0 aliphatic heterocycles. The van der Waals surface area contributed by atoms with E-state index in [1.807, 2.05) is 13.8 Å². The van der Waals surface area contributed by atoms with Crippen molar-refractivity contribution in [2.24, 2.45) is 34.0 Å². The van der Waals surface area contributed by atoms with Gasteiger partial charge in [-0.1, -0.05) is 47.6 Å². The van der Waals surface area contributed by atoms with E-state index >= 15 is 0 Å². The molecule has 0 aromatic heterocycles. The minimum atomic E-state index is -0.902. The van der Waals surface area contributed by atoms with Gasteiger partial charge in [-0.15, -0.1) is 18.3 Å². The summed E-state index contributed by atoms with van der Waals surface area (Å²) in [6, 6.07) is 0. The topological polar surface area (TPSA) is 66.8 Å². The van der Waals surface area contributed by atoms with E-state index in [1.54, 1.807) is 11.8 Å². The molecule has 2 bridgehead atoms. The molecule has 0 heterocycles. The molecule has 6 heteroatoms. The molecule has 3 aliphatic carbocycles. The summed E-state index contributed by atoms with van der Waals surface area (Å²) in [6.45, 7) is 15.0. The molecule has 5 nitrogen and oxygen atoms in total. The third-order valence-electron chi connectivity index (χ3n) is 10.1. The number of esters is 1. The molecule has 1 N–H and O–H groups in total. The molecule has 34 heavy (non-hydrogen) atoms. The SMILES string of the molecule is [2H]C([2H])=C[C@]1(C)C[C@@H](OC(=O)CSCCN(CC)CC)[C@]2(C)[C@H](C)CC[C@]3(CCC(=O)[C@H]32)[C@@H](C)[C@@H]1O. The lowest BCUT2D eigenvalue weighted by molar-refractivity contribution is -0.205. The minimum absolute atomic E-state index is 0.159. The Labute approximate surface area is 214 Å². The first-order valence-corrected chi connectivity index (χ1v) is 14.4. The van der Waals surface area contributed by atoms with Crippen molar-refractivity contribution < 1.29 is 22.2 Å². The number of hydrogen-bond donors (Lipinski definition) is 1. The number of hydrogen-bond acceptors (Lipinski definition) is 6. The van der Waals surface area contributed by atoms with Gasteiger partial charge in [-0.05, 0) is 56.0 Å². The summed E-state index contributed by atoms with van der Waals surface area (Å²) in [5, 5.41) is 11.7. The lowest BCUT2D eigenvalue weighted by atomic mass is 9.44. The maximum absolute atomic E-state index is 13.5. The molecule has 3 rings (SSSR count). The number of ketones is 1. The zero-order valence-electron chi connectivity index (χ0n) is 24.1. The van der Waals surface area contributed by atoms with Gasteiger partial charge in [-0.2, -0.15) is 0 Å². The van der Waals surface area contributed by atoms with Crippen molar-refractivity contribution in [3.8, 4) is 0 Å². The van der Waals surface area contributed by atoms with Crippen LogP contribution in [0.2, 0.25) is 0 Å². The van der Waals surface area contributed by atoms with E-state index in [9.17, 15) is 14.7 Å². The van der Waals surface area contributed by atoms with Gasteiger partial charge in [-0.25, -0.2) is 0 Å². The number of thioether (sulfide) groups is 1. The second kappa shape index (κ2) is 10.6. The summed E-state index contributed by atoms with van der Waals surface area (Å²) in [7, 11) is 0. The van der Waals surface area contributed by atoms with E-state index in [2.05, 4.69) is 32.6 Å². The summed E-state index contributed by atoms with van der Waals surface area (Å²) in [5.41, 5.74) is -1.80. The van der Waals surface area contributed by atoms with E-state index < -0.39 is 23.0 Å². The Kier molecular flexibility index (Phi) is 7.77. The molecule has 0 spiro atoms. The average molecular weight is 496 g/mol. The van der Waals surface area contributed by atoms with Crippen LogP contribution in [0.15, 0.2) is 12.6 Å². The monoisotopic (exact) mass is 495 g/mol. The summed E-state index contributed by atoms with van der Waals surface area (Å²) in [5.74, 6) is 0.800. The number of carbonyl (C=O) groups excluding carboxylic acids is 2. The zero-order chi connectivity index (χ0) is 26.9. The molecule has 3 saturated carbocycles. The highest BCUT2D eigenvalue weighted by atomic mass is 32.2. The van der Waals surface area contributed by atoms with Gasteiger partial charge in [0.05, 0.1) is 14.6 Å². The van der Waals surface area contributed by atoms with Gasteiger partial charge in [0.15, 0.2) is 0 Å². The van der Waals surface area contributed by atoms with E-state index in [4.69, 9.17) is 7.48 Å². The smallest absolute Gasteiger partial charge is 0.316 e.